The van der Waals surface area contributed by atoms with Crippen molar-refractivity contribution in [3.63, 3.8) is 0 Å². The zero-order valence-electron chi connectivity index (χ0n) is 10.2. The van der Waals surface area contributed by atoms with E-state index in [1.807, 2.05) is 0 Å². The van der Waals surface area contributed by atoms with Gasteiger partial charge < -0.3 is 0 Å². The average Bonchev–Trinajstić information content (AvgIpc) is 2.28. The van der Waals surface area contributed by atoms with Gasteiger partial charge in [0.05, 0.1) is 10.3 Å². The maximum atomic E-state index is 11.7. The van der Waals surface area contributed by atoms with Crippen molar-refractivity contribution in [2.45, 2.75) is 18.2 Å². The summed E-state index contributed by atoms with van der Waals surface area (Å²) in [6, 6.07) is 6.05. The molecule has 0 N–H and O–H groups in total. The van der Waals surface area contributed by atoms with Gasteiger partial charge in [0, 0.05) is 29.6 Å². The van der Waals surface area contributed by atoms with Crippen molar-refractivity contribution in [3.8, 4) is 0 Å². The molecular formula is C10H12NaO5S2. The van der Waals surface area contributed by atoms with Crippen LogP contribution in [0.2, 0.25) is 0 Å². The van der Waals surface area contributed by atoms with Gasteiger partial charge in [-0.05, 0) is 18.1 Å². The van der Waals surface area contributed by atoms with Crippen molar-refractivity contribution in [3.05, 3.63) is 41.8 Å². The molecule has 1 radical (unpaired) electrons. The molecule has 18 heavy (non-hydrogen) atoms. The molecule has 0 heterocycles. The Hall–Kier alpha value is -0.180. The Morgan fingerprint density at radius 3 is 2.28 bits per heavy atom. The van der Waals surface area contributed by atoms with Crippen LogP contribution in [-0.2, 0) is 30.3 Å². The summed E-state index contributed by atoms with van der Waals surface area (Å²) >= 11 is 0. The Morgan fingerprint density at radius 1 is 1.22 bits per heavy atom. The van der Waals surface area contributed by atoms with Crippen molar-refractivity contribution in [2.75, 3.05) is 0 Å². The number of rotatable bonds is 5. The van der Waals surface area contributed by atoms with Gasteiger partial charge in [0.2, 0.25) is 0 Å². The predicted octanol–water partition coefficient (Wildman–Crippen LogP) is 1.05. The molecule has 0 aliphatic carbocycles. The van der Waals surface area contributed by atoms with Crippen LogP contribution in [0.25, 0.3) is 0 Å². The monoisotopic (exact) mass is 299 g/mol. The average molecular weight is 299 g/mol. The Balaban J connectivity index is 0.00000289. The van der Waals surface area contributed by atoms with E-state index in [0.717, 1.165) is 0 Å². The number of benzene rings is 1. The van der Waals surface area contributed by atoms with E-state index in [0.29, 0.717) is 17.4 Å². The molecular weight excluding hydrogens is 287 g/mol. The van der Waals surface area contributed by atoms with Crippen LogP contribution in [0, 0.1) is 0 Å². The van der Waals surface area contributed by atoms with E-state index in [2.05, 4.69) is 10.2 Å². The molecule has 0 unspecified atom stereocenters. The first kappa shape index (κ1) is 17.8. The fourth-order valence-electron chi connectivity index (χ4n) is 1.23. The van der Waals surface area contributed by atoms with Crippen LogP contribution in [0.4, 0.5) is 0 Å². The first-order valence-electron chi connectivity index (χ1n) is 4.74. The maximum absolute atomic E-state index is 11.7. The summed E-state index contributed by atoms with van der Waals surface area (Å²) in [7, 11) is -8.61. The van der Waals surface area contributed by atoms with Gasteiger partial charge in [-0.1, -0.05) is 31.7 Å². The Bertz CT molecular complexity index is 619. The zero-order valence-corrected chi connectivity index (χ0v) is 13.8. The smallest absolute Gasteiger partial charge is 0.194 e. The van der Waals surface area contributed by atoms with Crippen LogP contribution in [0.3, 0.4) is 0 Å². The van der Waals surface area contributed by atoms with Crippen molar-refractivity contribution in [1.82, 2.24) is 0 Å². The van der Waals surface area contributed by atoms with Gasteiger partial charge >= 0.3 is 20.2 Å². The quantitative estimate of drug-likeness (QED) is 0.759. The Morgan fingerprint density at radius 2 is 1.78 bits per heavy atom. The topological polar surface area (TPSA) is 77.5 Å². The maximum Gasteiger partial charge on any atom is 0.311 e. The summed E-state index contributed by atoms with van der Waals surface area (Å²) in [5.74, 6) is 0. The predicted molar refractivity (Wildman–Crippen MR) is 69.0 cm³/mol. The fraction of sp³-hybridized carbons (Fsp3) is 0.200. The van der Waals surface area contributed by atoms with E-state index >= 15 is 0 Å². The minimum atomic E-state index is -4.33. The minimum Gasteiger partial charge on any atom is -0.194 e. The van der Waals surface area contributed by atoms with Crippen LogP contribution in [0.15, 0.2) is 41.1 Å². The van der Waals surface area contributed by atoms with Gasteiger partial charge in [-0.2, -0.15) is 16.8 Å². The molecule has 0 saturated heterocycles. The fourth-order valence-corrected chi connectivity index (χ4v) is 3.52. The molecule has 1 aromatic carbocycles. The molecule has 0 aliphatic heterocycles. The molecule has 0 atom stereocenters. The molecule has 0 spiro atoms. The van der Waals surface area contributed by atoms with Gasteiger partial charge in [-0.15, -0.1) is 3.63 Å². The van der Waals surface area contributed by atoms with Crippen LogP contribution >= 0.6 is 0 Å². The van der Waals surface area contributed by atoms with Gasteiger partial charge in [0.25, 0.3) is 0 Å². The third kappa shape index (κ3) is 4.49. The summed E-state index contributed by atoms with van der Waals surface area (Å²) in [5.41, 5.74) is 0.492. The third-order valence-corrected chi connectivity index (χ3v) is 4.83. The Kier molecular flexibility index (Phi) is 6.77. The third-order valence-electron chi connectivity index (χ3n) is 2.01. The summed E-state index contributed by atoms with van der Waals surface area (Å²) < 4.78 is 49.7. The second-order valence-electron chi connectivity index (χ2n) is 3.14. The summed E-state index contributed by atoms with van der Waals surface area (Å²) in [6.07, 6.45) is 0.451. The SMILES string of the molecule is C=CS(=O)(=O)OS(=O)(=O)c1ccccc1CC.[Na]. The number of aryl methyl sites for hydroxylation is 1. The van der Waals surface area contributed by atoms with Gasteiger partial charge in [-0.25, -0.2) is 0 Å². The van der Waals surface area contributed by atoms with E-state index in [1.165, 1.54) is 12.1 Å². The molecule has 0 aliphatic rings. The van der Waals surface area contributed by atoms with E-state index in [-0.39, 0.29) is 34.5 Å². The molecule has 0 amide bonds. The van der Waals surface area contributed by atoms with Crippen LogP contribution in [0.1, 0.15) is 12.5 Å². The number of hydrogen-bond donors (Lipinski definition) is 0. The summed E-state index contributed by atoms with van der Waals surface area (Å²) in [6.45, 7) is 4.74. The van der Waals surface area contributed by atoms with Crippen LogP contribution < -0.4 is 0 Å². The molecule has 8 heteroatoms. The van der Waals surface area contributed by atoms with Crippen LogP contribution in [-0.4, -0.2) is 46.4 Å². The normalized spacial score (nSPS) is 11.6. The summed E-state index contributed by atoms with van der Waals surface area (Å²) in [5, 5.41) is 0.444. The first-order valence-corrected chi connectivity index (χ1v) is 7.62. The number of hydrogen-bond acceptors (Lipinski definition) is 5. The largest absolute Gasteiger partial charge is 0.311 e. The molecule has 0 fully saturated rings. The summed E-state index contributed by atoms with van der Waals surface area (Å²) in [4.78, 5) is -0.145. The zero-order chi connectivity index (χ0) is 13.1. The molecule has 0 aromatic heterocycles. The van der Waals surface area contributed by atoms with Crippen molar-refractivity contribution in [1.29, 1.82) is 0 Å². The van der Waals surface area contributed by atoms with E-state index in [9.17, 15) is 16.8 Å². The van der Waals surface area contributed by atoms with E-state index < -0.39 is 20.2 Å². The van der Waals surface area contributed by atoms with Gasteiger partial charge in [0.15, 0.2) is 0 Å². The molecule has 95 valence electrons. The van der Waals surface area contributed by atoms with Crippen molar-refractivity contribution in [2.24, 2.45) is 0 Å². The van der Waals surface area contributed by atoms with Gasteiger partial charge in [0.1, 0.15) is 0 Å². The molecule has 5 nitrogen and oxygen atoms in total. The molecule has 1 aromatic rings. The second-order valence-corrected chi connectivity index (χ2v) is 6.35. The first-order chi connectivity index (χ1) is 7.82. The van der Waals surface area contributed by atoms with Crippen LogP contribution in [0.5, 0.6) is 0 Å². The van der Waals surface area contributed by atoms with E-state index in [1.54, 1.807) is 19.1 Å². The van der Waals surface area contributed by atoms with E-state index in [4.69, 9.17) is 0 Å². The standard InChI is InChI=1S/C10H12O5S2.Na/c1-3-9-7-5-6-8-10(9)17(13,14)15-16(11,12)4-2;/h4-8H,2-3H2,1H3;. The second kappa shape index (κ2) is 6.83. The van der Waals surface area contributed by atoms with Crippen molar-refractivity contribution < 1.29 is 20.5 Å². The molecule has 0 saturated carbocycles. The molecule has 1 rings (SSSR count). The van der Waals surface area contributed by atoms with Crippen molar-refractivity contribution >= 4 is 49.8 Å². The minimum absolute atomic E-state index is 0. The molecule has 0 bridgehead atoms. The van der Waals surface area contributed by atoms with Gasteiger partial charge in [-0.3, -0.25) is 0 Å². The Labute approximate surface area is 129 Å².